The Morgan fingerprint density at radius 3 is 2.49 bits per heavy atom. The predicted molar refractivity (Wildman–Crippen MR) is 237 cm³/mol. The monoisotopic (exact) mass is 849 g/mol. The number of amides is 3. The zero-order valence-corrected chi connectivity index (χ0v) is 35.4. The van der Waals surface area contributed by atoms with E-state index in [-0.39, 0.29) is 36.2 Å². The van der Waals surface area contributed by atoms with Gasteiger partial charge in [-0.25, -0.2) is 19.3 Å². The van der Waals surface area contributed by atoms with E-state index in [2.05, 4.69) is 55.1 Å². The Morgan fingerprint density at radius 1 is 0.952 bits per heavy atom. The molecule has 2 aliphatic carbocycles. The van der Waals surface area contributed by atoms with Crippen LogP contribution in [0, 0.1) is 5.41 Å². The minimum absolute atomic E-state index is 0.127. The summed E-state index contributed by atoms with van der Waals surface area (Å²) >= 11 is 0. The highest BCUT2D eigenvalue weighted by Crippen LogP contribution is 2.52. The summed E-state index contributed by atoms with van der Waals surface area (Å²) in [7, 11) is 0. The van der Waals surface area contributed by atoms with Crippen molar-refractivity contribution >= 4 is 51.8 Å². The van der Waals surface area contributed by atoms with Crippen LogP contribution in [0.15, 0.2) is 78.2 Å². The van der Waals surface area contributed by atoms with E-state index in [1.165, 1.54) is 12.8 Å². The van der Waals surface area contributed by atoms with Crippen LogP contribution in [-0.4, -0.2) is 108 Å². The molecule has 6 aliphatic rings. The van der Waals surface area contributed by atoms with E-state index in [4.69, 9.17) is 9.97 Å². The maximum absolute atomic E-state index is 13.6. The normalized spacial score (nSPS) is 23.2. The van der Waals surface area contributed by atoms with Crippen molar-refractivity contribution in [3.8, 4) is 5.82 Å². The first-order valence-electron chi connectivity index (χ1n) is 22.2. The highest BCUT2D eigenvalue weighted by molar-refractivity contribution is 6.06. The number of piperidine rings is 1. The fourth-order valence-corrected chi connectivity index (χ4v) is 11.1. The fourth-order valence-electron chi connectivity index (χ4n) is 11.1. The number of aromatic nitrogens is 5. The Kier molecular flexibility index (Phi) is 9.31. The molecule has 0 bridgehead atoms. The quantitative estimate of drug-likeness (QED) is 0.136. The number of nitrogens with zero attached hydrogens (tertiary/aromatic N) is 9. The van der Waals surface area contributed by atoms with Crippen molar-refractivity contribution in [3.63, 3.8) is 0 Å². The van der Waals surface area contributed by atoms with Crippen molar-refractivity contribution in [2.24, 2.45) is 5.41 Å². The molecule has 3 N–H and O–H groups in total. The number of hydrogen-bond acceptors (Lipinski definition) is 12. The van der Waals surface area contributed by atoms with E-state index in [9.17, 15) is 24.3 Å². The van der Waals surface area contributed by atoms with Crippen molar-refractivity contribution in [2.45, 2.75) is 82.6 Å². The molecule has 1 unspecified atom stereocenters. The minimum Gasteiger partial charge on any atom is -0.384 e. The van der Waals surface area contributed by atoms with Crippen LogP contribution in [0.25, 0.3) is 16.9 Å². The number of aryl methyl sites for hydroxylation is 1. The first-order chi connectivity index (χ1) is 30.5. The number of hydrogen-bond donors (Lipinski definition) is 3. The third kappa shape index (κ3) is 6.52. The van der Waals surface area contributed by atoms with Crippen molar-refractivity contribution in [1.29, 1.82) is 0 Å². The molecule has 11 rings (SSSR count). The van der Waals surface area contributed by atoms with Crippen LogP contribution < -0.4 is 26.0 Å². The predicted octanol–water partition coefficient (Wildman–Crippen LogP) is 4.00. The summed E-state index contributed by atoms with van der Waals surface area (Å²) in [5.74, 6) is 0.0731. The molecule has 5 aromatic rings. The number of rotatable bonds is 10. The largest absolute Gasteiger partial charge is 0.384 e. The number of benzene rings is 2. The third-order valence-electron chi connectivity index (χ3n) is 14.6. The molecule has 2 aromatic carbocycles. The van der Waals surface area contributed by atoms with Crippen molar-refractivity contribution in [2.75, 3.05) is 54.4 Å². The Morgan fingerprint density at radius 2 is 1.75 bits per heavy atom. The Bertz CT molecular complexity index is 2760. The van der Waals surface area contributed by atoms with Gasteiger partial charge in [-0.3, -0.25) is 29.4 Å². The van der Waals surface area contributed by atoms with E-state index in [0.717, 1.165) is 73.9 Å². The topological polar surface area (TPSA) is 174 Å². The van der Waals surface area contributed by atoms with E-state index in [1.807, 2.05) is 43.3 Å². The third-order valence-corrected chi connectivity index (χ3v) is 14.6. The molecule has 16 heteroatoms. The number of piperazine rings is 1. The number of nitrogens with one attached hydrogen (secondary N) is 2. The standard InChI is InChI=1S/C47H51N11O5/c1-3-18-57-44(62)34-25-48-45(52-41(34)58(57)38-14-8-29-16-17-47(63,4-2)40(29)50-38)49-30-9-11-31(12-10-30)53-19-21-54(22-20-53)32-23-46(24-32)27-55(28-46)36-7-5-6-33-35(36)26-56(43(33)61)37-13-15-39(59)51-42(37)60/h3,5-12,14,25,32,37,63H,1,4,13,15-24,26-28H2,2H3,(H,48,49,52)(H,51,59,60)/t37?,47-/m1/s1. The van der Waals surface area contributed by atoms with Crippen LogP contribution in [-0.2, 0) is 34.7 Å². The molecule has 4 fully saturated rings. The Balaban J connectivity index is 0.704. The number of pyridine rings is 1. The van der Waals surface area contributed by atoms with Crippen LogP contribution >= 0.6 is 0 Å². The molecule has 1 spiro atoms. The number of carbonyl (C=O) groups is 3. The molecular formula is C47H51N11O5. The van der Waals surface area contributed by atoms with Gasteiger partial charge < -0.3 is 25.1 Å². The molecule has 7 heterocycles. The maximum Gasteiger partial charge on any atom is 0.278 e. The number of fused-ring (bicyclic) bond motifs is 3. The van der Waals surface area contributed by atoms with Crippen molar-refractivity contribution < 1.29 is 19.5 Å². The summed E-state index contributed by atoms with van der Waals surface area (Å²) in [6.07, 6.45) is 8.11. The van der Waals surface area contributed by atoms with E-state index in [1.54, 1.807) is 26.5 Å². The summed E-state index contributed by atoms with van der Waals surface area (Å²) < 4.78 is 3.25. The van der Waals surface area contributed by atoms with Gasteiger partial charge in [-0.05, 0) is 86.6 Å². The number of aliphatic hydroxyl groups is 1. The first kappa shape index (κ1) is 39.5. The molecule has 63 heavy (non-hydrogen) atoms. The molecule has 3 aromatic heterocycles. The van der Waals surface area contributed by atoms with Gasteiger partial charge in [-0.2, -0.15) is 4.98 Å². The first-order valence-corrected chi connectivity index (χ1v) is 22.2. The zero-order valence-electron chi connectivity index (χ0n) is 35.4. The number of imide groups is 1. The average molecular weight is 850 g/mol. The molecule has 2 atom stereocenters. The zero-order chi connectivity index (χ0) is 43.2. The molecule has 0 radical (unpaired) electrons. The molecule has 324 valence electrons. The molecule has 3 amide bonds. The van der Waals surface area contributed by atoms with Crippen LogP contribution in [0.1, 0.15) is 72.6 Å². The van der Waals surface area contributed by atoms with Gasteiger partial charge in [0.25, 0.3) is 11.5 Å². The molecule has 3 saturated heterocycles. The van der Waals surface area contributed by atoms with Crippen LogP contribution in [0.3, 0.4) is 0 Å². The maximum atomic E-state index is 13.6. The van der Waals surface area contributed by atoms with Gasteiger partial charge >= 0.3 is 0 Å². The summed E-state index contributed by atoms with van der Waals surface area (Å²) in [6, 6.07) is 18.0. The smallest absolute Gasteiger partial charge is 0.278 e. The second-order valence-corrected chi connectivity index (χ2v) is 18.3. The lowest BCUT2D eigenvalue weighted by molar-refractivity contribution is -0.136. The van der Waals surface area contributed by atoms with Gasteiger partial charge in [-0.15, -0.1) is 6.58 Å². The highest BCUT2D eigenvalue weighted by atomic mass is 16.3. The lowest BCUT2D eigenvalue weighted by atomic mass is 9.60. The molecular weight excluding hydrogens is 799 g/mol. The molecule has 1 saturated carbocycles. The summed E-state index contributed by atoms with van der Waals surface area (Å²) in [5, 5.41) is 17.4. The van der Waals surface area contributed by atoms with Gasteiger partial charge in [0.2, 0.25) is 17.8 Å². The van der Waals surface area contributed by atoms with Crippen LogP contribution in [0.2, 0.25) is 0 Å². The van der Waals surface area contributed by atoms with Gasteiger partial charge in [0.15, 0.2) is 11.5 Å². The second kappa shape index (κ2) is 14.9. The Labute approximate surface area is 364 Å². The molecule has 16 nitrogen and oxygen atoms in total. The van der Waals surface area contributed by atoms with Crippen LogP contribution in [0.4, 0.5) is 23.0 Å². The SMILES string of the molecule is C=CCn1c(=O)c2cnc(Nc3ccc(N4CCN(C5CC6(C5)CN(c5cccc7c5CN(C5CCC(=O)NC5=O)C7=O)C6)CC4)cc3)nc2n1-c1ccc2c(n1)[C@@](O)(CC)CC2. The van der Waals surface area contributed by atoms with Gasteiger partial charge in [-0.1, -0.05) is 25.1 Å². The van der Waals surface area contributed by atoms with Crippen molar-refractivity contribution in [1.82, 2.24) is 39.4 Å². The van der Waals surface area contributed by atoms with Gasteiger partial charge in [0.1, 0.15) is 17.0 Å². The van der Waals surface area contributed by atoms with Crippen LogP contribution in [0.5, 0.6) is 0 Å². The fraction of sp³-hybridized carbons (Fsp3) is 0.426. The average Bonchev–Trinajstić information content (AvgIpc) is 3.88. The van der Waals surface area contributed by atoms with E-state index < -0.39 is 11.6 Å². The number of carbonyl (C=O) groups excluding carboxylic acids is 3. The lowest BCUT2D eigenvalue weighted by Crippen LogP contribution is -2.68. The van der Waals surface area contributed by atoms with Crippen molar-refractivity contribution in [3.05, 3.63) is 106 Å². The minimum atomic E-state index is -0.996. The molecule has 4 aliphatic heterocycles. The summed E-state index contributed by atoms with van der Waals surface area (Å²) in [5.41, 5.74) is 5.90. The second-order valence-electron chi connectivity index (χ2n) is 18.3. The summed E-state index contributed by atoms with van der Waals surface area (Å²) in [6.45, 7) is 12.3. The van der Waals surface area contributed by atoms with Gasteiger partial charge in [0, 0.05) is 98.1 Å². The van der Waals surface area contributed by atoms with Gasteiger partial charge in [0.05, 0.1) is 12.2 Å². The summed E-state index contributed by atoms with van der Waals surface area (Å²) in [4.78, 5) is 74.6. The number of anilines is 4. The highest BCUT2D eigenvalue weighted by Gasteiger charge is 2.54. The Hall–Kier alpha value is -6.39. The number of allylic oxidation sites excluding steroid dienone is 1. The van der Waals surface area contributed by atoms with E-state index >= 15 is 0 Å². The lowest BCUT2D eigenvalue weighted by Gasteiger charge is -2.62. The van der Waals surface area contributed by atoms with E-state index in [0.29, 0.717) is 71.3 Å².